The van der Waals surface area contributed by atoms with E-state index in [9.17, 15) is 0 Å². The summed E-state index contributed by atoms with van der Waals surface area (Å²) >= 11 is 0. The zero-order valence-corrected chi connectivity index (χ0v) is 12.4. The number of methoxy groups -OCH3 is 2. The van der Waals surface area contributed by atoms with Crippen LogP contribution < -0.4 is 14.8 Å². The topological polar surface area (TPSA) is 43.6 Å². The van der Waals surface area contributed by atoms with Gasteiger partial charge in [0.1, 0.15) is 23.0 Å². The van der Waals surface area contributed by atoms with Gasteiger partial charge in [-0.05, 0) is 43.8 Å². The molecule has 0 saturated heterocycles. The van der Waals surface area contributed by atoms with Crippen molar-refractivity contribution >= 4 is 0 Å². The molecule has 1 atom stereocenters. The Hall–Kier alpha value is -1.94. The molecule has 108 valence electrons. The van der Waals surface area contributed by atoms with Gasteiger partial charge in [0.05, 0.1) is 20.3 Å². The van der Waals surface area contributed by atoms with Crippen LogP contribution >= 0.6 is 0 Å². The second-order valence-corrected chi connectivity index (χ2v) is 4.55. The number of furan rings is 1. The molecule has 0 spiro atoms. The highest BCUT2D eigenvalue weighted by molar-refractivity contribution is 5.44. The smallest absolute Gasteiger partial charge is 0.125 e. The van der Waals surface area contributed by atoms with Crippen molar-refractivity contribution in [3.8, 4) is 11.5 Å². The SMILES string of the molecule is CCNC(c1ccc(C)o1)c1cc(OC)ccc1OC. The Labute approximate surface area is 119 Å². The Balaban J connectivity index is 2.47. The molecule has 1 heterocycles. The summed E-state index contributed by atoms with van der Waals surface area (Å²) in [5.74, 6) is 3.37. The number of aryl methyl sites for hydroxylation is 1. The minimum Gasteiger partial charge on any atom is -0.497 e. The molecule has 0 amide bonds. The molecule has 1 unspecified atom stereocenters. The lowest BCUT2D eigenvalue weighted by Gasteiger charge is -2.19. The lowest BCUT2D eigenvalue weighted by molar-refractivity contribution is 0.383. The average Bonchev–Trinajstić information content (AvgIpc) is 2.90. The zero-order valence-electron chi connectivity index (χ0n) is 12.4. The highest BCUT2D eigenvalue weighted by Crippen LogP contribution is 2.33. The van der Waals surface area contributed by atoms with Gasteiger partial charge in [-0.3, -0.25) is 0 Å². The Morgan fingerprint density at radius 3 is 2.50 bits per heavy atom. The molecule has 2 aromatic rings. The fraction of sp³-hybridized carbons (Fsp3) is 0.375. The van der Waals surface area contributed by atoms with Gasteiger partial charge in [0, 0.05) is 5.56 Å². The standard InChI is InChI=1S/C16H21NO3/c1-5-17-16(15-8-6-11(2)20-15)13-10-12(18-3)7-9-14(13)19-4/h6-10,16-17H,5H2,1-4H3. The molecule has 0 aliphatic carbocycles. The van der Waals surface area contributed by atoms with E-state index >= 15 is 0 Å². The second kappa shape index (κ2) is 6.48. The molecule has 4 heteroatoms. The molecule has 0 radical (unpaired) electrons. The van der Waals surface area contributed by atoms with E-state index < -0.39 is 0 Å². The normalized spacial score (nSPS) is 12.2. The molecule has 4 nitrogen and oxygen atoms in total. The van der Waals surface area contributed by atoms with Crippen LogP contribution in [0.15, 0.2) is 34.7 Å². The molecule has 2 rings (SSSR count). The van der Waals surface area contributed by atoms with Crippen LogP contribution in [0.4, 0.5) is 0 Å². The van der Waals surface area contributed by atoms with Crippen molar-refractivity contribution in [1.82, 2.24) is 5.32 Å². The van der Waals surface area contributed by atoms with Crippen LogP contribution in [0, 0.1) is 6.92 Å². The van der Waals surface area contributed by atoms with Crippen molar-refractivity contribution in [3.05, 3.63) is 47.4 Å². The van der Waals surface area contributed by atoms with Gasteiger partial charge >= 0.3 is 0 Å². The summed E-state index contributed by atoms with van der Waals surface area (Å²) in [6.45, 7) is 4.83. The summed E-state index contributed by atoms with van der Waals surface area (Å²) in [4.78, 5) is 0. The van der Waals surface area contributed by atoms with Crippen LogP contribution in [0.2, 0.25) is 0 Å². The summed E-state index contributed by atoms with van der Waals surface area (Å²) in [5, 5.41) is 3.43. The fourth-order valence-electron chi connectivity index (χ4n) is 2.24. The summed E-state index contributed by atoms with van der Waals surface area (Å²) in [6.07, 6.45) is 0. The van der Waals surface area contributed by atoms with Crippen LogP contribution in [-0.4, -0.2) is 20.8 Å². The number of ether oxygens (including phenoxy) is 2. The molecular weight excluding hydrogens is 254 g/mol. The number of benzene rings is 1. The maximum atomic E-state index is 5.77. The van der Waals surface area contributed by atoms with Crippen LogP contribution in [0.5, 0.6) is 11.5 Å². The van der Waals surface area contributed by atoms with Gasteiger partial charge in [-0.15, -0.1) is 0 Å². The first-order valence-corrected chi connectivity index (χ1v) is 6.71. The average molecular weight is 275 g/mol. The van der Waals surface area contributed by atoms with E-state index in [2.05, 4.69) is 12.2 Å². The van der Waals surface area contributed by atoms with Crippen LogP contribution in [0.25, 0.3) is 0 Å². The molecule has 0 aliphatic heterocycles. The Morgan fingerprint density at radius 2 is 1.95 bits per heavy atom. The minimum atomic E-state index is -0.0567. The largest absolute Gasteiger partial charge is 0.497 e. The Morgan fingerprint density at radius 1 is 1.15 bits per heavy atom. The minimum absolute atomic E-state index is 0.0567. The van der Waals surface area contributed by atoms with Gasteiger partial charge in [0.15, 0.2) is 0 Å². The van der Waals surface area contributed by atoms with Gasteiger partial charge in [-0.1, -0.05) is 6.92 Å². The summed E-state index contributed by atoms with van der Waals surface area (Å²) in [7, 11) is 3.33. The Kier molecular flexibility index (Phi) is 4.69. The quantitative estimate of drug-likeness (QED) is 0.878. The van der Waals surface area contributed by atoms with E-state index in [1.165, 1.54) is 0 Å². The molecule has 20 heavy (non-hydrogen) atoms. The third kappa shape index (κ3) is 2.96. The third-order valence-electron chi connectivity index (χ3n) is 3.20. The Bertz CT molecular complexity index is 563. The first-order valence-electron chi connectivity index (χ1n) is 6.71. The van der Waals surface area contributed by atoms with Crippen LogP contribution in [0.3, 0.4) is 0 Å². The maximum absolute atomic E-state index is 5.77. The first kappa shape index (κ1) is 14.5. The predicted molar refractivity (Wildman–Crippen MR) is 78.5 cm³/mol. The molecular formula is C16H21NO3. The molecule has 0 fully saturated rings. The van der Waals surface area contributed by atoms with Crippen molar-refractivity contribution in [1.29, 1.82) is 0 Å². The van der Waals surface area contributed by atoms with Crippen molar-refractivity contribution in [2.45, 2.75) is 19.9 Å². The highest BCUT2D eigenvalue weighted by atomic mass is 16.5. The number of nitrogens with one attached hydrogen (secondary N) is 1. The van der Waals surface area contributed by atoms with Crippen molar-refractivity contribution in [3.63, 3.8) is 0 Å². The van der Waals surface area contributed by atoms with Crippen molar-refractivity contribution in [2.75, 3.05) is 20.8 Å². The van der Waals surface area contributed by atoms with E-state index in [1.54, 1.807) is 14.2 Å². The number of hydrogen-bond donors (Lipinski definition) is 1. The van der Waals surface area contributed by atoms with Crippen molar-refractivity contribution < 1.29 is 13.9 Å². The molecule has 0 bridgehead atoms. The molecule has 0 aliphatic rings. The number of hydrogen-bond acceptors (Lipinski definition) is 4. The monoisotopic (exact) mass is 275 g/mol. The first-order chi connectivity index (χ1) is 9.69. The van der Waals surface area contributed by atoms with Gasteiger partial charge in [-0.2, -0.15) is 0 Å². The number of rotatable bonds is 6. The van der Waals surface area contributed by atoms with E-state index in [-0.39, 0.29) is 6.04 Å². The van der Waals surface area contributed by atoms with Crippen molar-refractivity contribution in [2.24, 2.45) is 0 Å². The third-order valence-corrected chi connectivity index (χ3v) is 3.20. The summed E-state index contributed by atoms with van der Waals surface area (Å²) < 4.78 is 16.5. The van der Waals surface area contributed by atoms with Gasteiger partial charge < -0.3 is 19.2 Å². The molecule has 1 N–H and O–H groups in total. The maximum Gasteiger partial charge on any atom is 0.125 e. The molecule has 1 aromatic heterocycles. The summed E-state index contributed by atoms with van der Waals surface area (Å²) in [6, 6.07) is 9.67. The molecule has 1 aromatic carbocycles. The van der Waals surface area contributed by atoms with Gasteiger partial charge in [0.2, 0.25) is 0 Å². The predicted octanol–water partition coefficient (Wildman–Crippen LogP) is 3.30. The van der Waals surface area contributed by atoms with Gasteiger partial charge in [0.25, 0.3) is 0 Å². The lowest BCUT2D eigenvalue weighted by atomic mass is 10.0. The van der Waals surface area contributed by atoms with Crippen LogP contribution in [-0.2, 0) is 0 Å². The zero-order chi connectivity index (χ0) is 14.5. The van der Waals surface area contributed by atoms with E-state index in [1.807, 2.05) is 37.3 Å². The highest BCUT2D eigenvalue weighted by Gasteiger charge is 2.21. The van der Waals surface area contributed by atoms with E-state index in [0.717, 1.165) is 35.1 Å². The van der Waals surface area contributed by atoms with Gasteiger partial charge in [-0.25, -0.2) is 0 Å². The second-order valence-electron chi connectivity index (χ2n) is 4.55. The van der Waals surface area contributed by atoms with Crippen LogP contribution in [0.1, 0.15) is 30.0 Å². The lowest BCUT2D eigenvalue weighted by Crippen LogP contribution is -2.22. The van der Waals surface area contributed by atoms with E-state index in [0.29, 0.717) is 0 Å². The van der Waals surface area contributed by atoms with E-state index in [4.69, 9.17) is 13.9 Å². The summed E-state index contributed by atoms with van der Waals surface area (Å²) in [5.41, 5.74) is 1.00. The molecule has 0 saturated carbocycles. The fourth-order valence-corrected chi connectivity index (χ4v) is 2.24.